The molecule has 0 bridgehead atoms. The molecule has 118 valence electrons. The minimum absolute atomic E-state index is 0. The topological polar surface area (TPSA) is 32.3 Å². The third-order valence-electron chi connectivity index (χ3n) is 4.11. The lowest BCUT2D eigenvalue weighted by molar-refractivity contribution is -0.136. The summed E-state index contributed by atoms with van der Waals surface area (Å²) in [6, 6.07) is 6.63. The van der Waals surface area contributed by atoms with Gasteiger partial charge in [0, 0.05) is 19.0 Å². The van der Waals surface area contributed by atoms with E-state index in [1.807, 2.05) is 24.9 Å². The van der Waals surface area contributed by atoms with Crippen molar-refractivity contribution in [1.82, 2.24) is 10.2 Å². The molecule has 1 fully saturated rings. The average Bonchev–Trinajstić information content (AvgIpc) is 2.80. The minimum atomic E-state index is -0.239. The molecule has 0 spiro atoms. The van der Waals surface area contributed by atoms with Gasteiger partial charge in [0.15, 0.2) is 0 Å². The molecular weight excluding hydrogens is 291 g/mol. The molecule has 0 aromatic heterocycles. The van der Waals surface area contributed by atoms with E-state index in [9.17, 15) is 9.18 Å². The number of likely N-dealkylation sites (tertiary alicyclic amines) is 1. The van der Waals surface area contributed by atoms with Gasteiger partial charge < -0.3 is 10.2 Å². The molecule has 1 aliphatic heterocycles. The molecular formula is C16H24ClFN2O. The highest BCUT2D eigenvalue weighted by Crippen LogP contribution is 2.37. The number of carbonyl (C=O) groups excluding carboxylic acids is 1. The fourth-order valence-electron chi connectivity index (χ4n) is 3.07. The summed E-state index contributed by atoms with van der Waals surface area (Å²) in [5, 5.41) is 3.04. The number of halogens is 2. The molecule has 3 nitrogen and oxygen atoms in total. The van der Waals surface area contributed by atoms with Crippen molar-refractivity contribution in [2.75, 3.05) is 20.1 Å². The van der Waals surface area contributed by atoms with Gasteiger partial charge in [-0.3, -0.25) is 4.79 Å². The lowest BCUT2D eigenvalue weighted by atomic mass is 9.95. The molecule has 5 heteroatoms. The highest BCUT2D eigenvalue weighted by Gasteiger charge is 2.36. The normalized spacial score (nSPS) is 22.8. The molecule has 1 aromatic carbocycles. The molecule has 1 amide bonds. The summed E-state index contributed by atoms with van der Waals surface area (Å²) in [6.45, 7) is 5.49. The summed E-state index contributed by atoms with van der Waals surface area (Å²) < 4.78 is 13.4. The lowest BCUT2D eigenvalue weighted by Crippen LogP contribution is -2.38. The Morgan fingerprint density at radius 2 is 2.24 bits per heavy atom. The largest absolute Gasteiger partial charge is 0.335 e. The van der Waals surface area contributed by atoms with E-state index >= 15 is 0 Å². The number of amides is 1. The Balaban J connectivity index is 0.00000220. The molecule has 1 saturated heterocycles. The second-order valence-electron chi connectivity index (χ2n) is 5.76. The first-order valence-electron chi connectivity index (χ1n) is 7.25. The van der Waals surface area contributed by atoms with Gasteiger partial charge in [0.05, 0.1) is 6.04 Å². The van der Waals surface area contributed by atoms with Crippen LogP contribution in [0.5, 0.6) is 0 Å². The third kappa shape index (κ3) is 3.95. The molecule has 21 heavy (non-hydrogen) atoms. The summed E-state index contributed by atoms with van der Waals surface area (Å²) >= 11 is 0. The van der Waals surface area contributed by atoms with E-state index in [4.69, 9.17) is 0 Å². The number of benzene rings is 1. The molecule has 0 aliphatic carbocycles. The van der Waals surface area contributed by atoms with Gasteiger partial charge in [-0.05, 0) is 37.1 Å². The zero-order valence-corrected chi connectivity index (χ0v) is 13.6. The number of nitrogens with zero attached hydrogens (tertiary/aromatic N) is 1. The zero-order chi connectivity index (χ0) is 14.7. The molecule has 1 aliphatic rings. The Morgan fingerprint density at radius 1 is 1.52 bits per heavy atom. The van der Waals surface area contributed by atoms with Crippen LogP contribution >= 0.6 is 12.4 Å². The van der Waals surface area contributed by atoms with Crippen LogP contribution in [0.4, 0.5) is 4.39 Å². The van der Waals surface area contributed by atoms with E-state index < -0.39 is 0 Å². The molecule has 1 aromatic rings. The second kappa shape index (κ2) is 7.76. The SMILES string of the molecule is CNCC(C)C(=O)N1CCC(C)C1c1cccc(F)c1.Cl. The summed E-state index contributed by atoms with van der Waals surface area (Å²) in [5.74, 6) is 0.221. The van der Waals surface area contributed by atoms with Gasteiger partial charge in [0.25, 0.3) is 0 Å². The Kier molecular flexibility index (Phi) is 6.62. The van der Waals surface area contributed by atoms with Crippen LogP contribution in [0.2, 0.25) is 0 Å². The van der Waals surface area contributed by atoms with E-state index in [-0.39, 0.29) is 36.1 Å². The molecule has 3 unspecified atom stereocenters. The van der Waals surface area contributed by atoms with Crippen molar-refractivity contribution in [1.29, 1.82) is 0 Å². The number of hydrogen-bond acceptors (Lipinski definition) is 2. The van der Waals surface area contributed by atoms with Gasteiger partial charge in [-0.25, -0.2) is 4.39 Å². The fraction of sp³-hybridized carbons (Fsp3) is 0.562. The second-order valence-corrected chi connectivity index (χ2v) is 5.76. The van der Waals surface area contributed by atoms with Crippen LogP contribution in [0.15, 0.2) is 24.3 Å². The van der Waals surface area contributed by atoms with Crippen molar-refractivity contribution in [3.05, 3.63) is 35.6 Å². The van der Waals surface area contributed by atoms with Gasteiger partial charge >= 0.3 is 0 Å². The van der Waals surface area contributed by atoms with Crippen molar-refractivity contribution >= 4 is 18.3 Å². The number of carbonyl (C=O) groups is 1. The Hall–Kier alpha value is -1.13. The maximum Gasteiger partial charge on any atom is 0.227 e. The summed E-state index contributed by atoms with van der Waals surface area (Å²) in [7, 11) is 1.85. The quantitative estimate of drug-likeness (QED) is 0.926. The van der Waals surface area contributed by atoms with Crippen LogP contribution in [0.25, 0.3) is 0 Å². The maximum absolute atomic E-state index is 13.4. The van der Waals surface area contributed by atoms with E-state index in [0.29, 0.717) is 12.5 Å². The van der Waals surface area contributed by atoms with Gasteiger partial charge in [-0.1, -0.05) is 26.0 Å². The van der Waals surface area contributed by atoms with Crippen LogP contribution in [-0.2, 0) is 4.79 Å². The highest BCUT2D eigenvalue weighted by atomic mass is 35.5. The molecule has 1 N–H and O–H groups in total. The average molecular weight is 315 g/mol. The van der Waals surface area contributed by atoms with Gasteiger partial charge in [-0.2, -0.15) is 0 Å². The van der Waals surface area contributed by atoms with Crippen molar-refractivity contribution in [2.24, 2.45) is 11.8 Å². The Labute approximate surface area is 132 Å². The smallest absolute Gasteiger partial charge is 0.227 e. The van der Waals surface area contributed by atoms with Gasteiger partial charge in [0.1, 0.15) is 5.82 Å². The first kappa shape index (κ1) is 17.9. The van der Waals surface area contributed by atoms with Crippen LogP contribution in [0.3, 0.4) is 0 Å². The highest BCUT2D eigenvalue weighted by molar-refractivity contribution is 5.85. The van der Waals surface area contributed by atoms with Crippen molar-refractivity contribution in [3.63, 3.8) is 0 Å². The summed E-state index contributed by atoms with van der Waals surface area (Å²) in [6.07, 6.45) is 0.971. The molecule has 3 atom stereocenters. The van der Waals surface area contributed by atoms with Crippen LogP contribution in [0, 0.1) is 17.7 Å². The molecule has 1 heterocycles. The third-order valence-corrected chi connectivity index (χ3v) is 4.11. The predicted octanol–water partition coefficient (Wildman–Crippen LogP) is 3.01. The standard InChI is InChI=1S/C16H23FN2O.ClH/c1-11-7-8-19(16(20)12(2)10-18-3)15(11)13-5-4-6-14(17)9-13;/h4-6,9,11-12,15,18H,7-8,10H2,1-3H3;1H. The predicted molar refractivity (Wildman–Crippen MR) is 85.0 cm³/mol. The monoisotopic (exact) mass is 314 g/mol. The van der Waals surface area contributed by atoms with E-state index in [1.165, 1.54) is 6.07 Å². The zero-order valence-electron chi connectivity index (χ0n) is 12.8. The first-order chi connectivity index (χ1) is 9.54. The van der Waals surface area contributed by atoms with Crippen LogP contribution in [0.1, 0.15) is 31.9 Å². The van der Waals surface area contributed by atoms with Crippen molar-refractivity contribution in [2.45, 2.75) is 26.3 Å². The molecule has 0 radical (unpaired) electrons. The number of hydrogen-bond donors (Lipinski definition) is 1. The van der Waals surface area contributed by atoms with Gasteiger partial charge in [-0.15, -0.1) is 12.4 Å². The van der Waals surface area contributed by atoms with E-state index in [0.717, 1.165) is 18.5 Å². The maximum atomic E-state index is 13.4. The summed E-state index contributed by atoms with van der Waals surface area (Å²) in [4.78, 5) is 14.5. The molecule has 2 rings (SSSR count). The minimum Gasteiger partial charge on any atom is -0.335 e. The van der Waals surface area contributed by atoms with Crippen LogP contribution in [-0.4, -0.2) is 30.9 Å². The lowest BCUT2D eigenvalue weighted by Gasteiger charge is -2.29. The number of nitrogens with one attached hydrogen (secondary N) is 1. The first-order valence-corrected chi connectivity index (χ1v) is 7.25. The van der Waals surface area contributed by atoms with E-state index in [2.05, 4.69) is 12.2 Å². The summed E-state index contributed by atoms with van der Waals surface area (Å²) in [5.41, 5.74) is 0.903. The van der Waals surface area contributed by atoms with Crippen LogP contribution < -0.4 is 5.32 Å². The van der Waals surface area contributed by atoms with Crippen molar-refractivity contribution in [3.8, 4) is 0 Å². The number of rotatable bonds is 4. The Bertz CT molecular complexity index is 483. The van der Waals surface area contributed by atoms with E-state index in [1.54, 1.807) is 12.1 Å². The van der Waals surface area contributed by atoms with Gasteiger partial charge in [0.2, 0.25) is 5.91 Å². The Morgan fingerprint density at radius 3 is 2.86 bits per heavy atom. The molecule has 0 saturated carbocycles. The van der Waals surface area contributed by atoms with Crippen molar-refractivity contribution < 1.29 is 9.18 Å². The fourth-order valence-corrected chi connectivity index (χ4v) is 3.07.